The molecule has 1 saturated heterocycles. The summed E-state index contributed by atoms with van der Waals surface area (Å²) in [4.78, 5) is 2.01. The summed E-state index contributed by atoms with van der Waals surface area (Å²) in [5.74, 6) is 0.684. The molecule has 0 bridgehead atoms. The highest BCUT2D eigenvalue weighted by molar-refractivity contribution is 6.30. The summed E-state index contributed by atoms with van der Waals surface area (Å²) in [7, 11) is 0. The summed E-state index contributed by atoms with van der Waals surface area (Å²) in [6.07, 6.45) is 0.363. The normalized spacial score (nSPS) is 19.0. The highest BCUT2D eigenvalue weighted by atomic mass is 35.5. The van der Waals surface area contributed by atoms with Crippen LogP contribution in [0, 0.1) is 5.92 Å². The summed E-state index contributed by atoms with van der Waals surface area (Å²) in [6, 6.07) is 15.8. The maximum atomic E-state index is 11.1. The maximum Gasteiger partial charge on any atom is 0.134 e. The molecule has 0 spiro atoms. The van der Waals surface area contributed by atoms with Crippen molar-refractivity contribution < 1.29 is 10.2 Å². The minimum absolute atomic E-state index is 0.612. The zero-order valence-corrected chi connectivity index (χ0v) is 17.2. The predicted molar refractivity (Wildman–Crippen MR) is 112 cm³/mol. The molecule has 0 aromatic heterocycles. The van der Waals surface area contributed by atoms with Crippen molar-refractivity contribution in [3.8, 4) is 11.1 Å². The molecule has 2 N–H and O–H groups in total. The van der Waals surface area contributed by atoms with Gasteiger partial charge < -0.3 is 10.2 Å². The first-order valence-corrected chi connectivity index (χ1v) is 10.1. The molecule has 0 aliphatic carbocycles. The van der Waals surface area contributed by atoms with Crippen LogP contribution in [0.2, 0.25) is 5.02 Å². The molecule has 1 aliphatic heterocycles. The standard InChI is InChI=1S/C23H30ClNO2/c1-16-12-14-25(15-13-16)22(27)21(26)23(2,3)20-7-5-4-6-19(20)17-8-10-18(24)11-9-17/h4-11,16,21-22,26-27H,12-15H2,1-3H3. The highest BCUT2D eigenvalue weighted by Crippen LogP contribution is 2.37. The summed E-state index contributed by atoms with van der Waals surface area (Å²) in [6.45, 7) is 7.90. The van der Waals surface area contributed by atoms with Crippen molar-refractivity contribution in [2.75, 3.05) is 13.1 Å². The lowest BCUT2D eigenvalue weighted by Gasteiger charge is -2.42. The largest absolute Gasteiger partial charge is 0.388 e. The van der Waals surface area contributed by atoms with Gasteiger partial charge in [0.15, 0.2) is 0 Å². The molecule has 2 aromatic carbocycles. The van der Waals surface area contributed by atoms with Gasteiger partial charge in [0.25, 0.3) is 0 Å². The van der Waals surface area contributed by atoms with Crippen molar-refractivity contribution in [3.63, 3.8) is 0 Å². The Morgan fingerprint density at radius 1 is 1.00 bits per heavy atom. The molecular weight excluding hydrogens is 358 g/mol. The lowest BCUT2D eigenvalue weighted by molar-refractivity contribution is -0.116. The minimum Gasteiger partial charge on any atom is -0.388 e. The van der Waals surface area contributed by atoms with E-state index >= 15 is 0 Å². The topological polar surface area (TPSA) is 43.7 Å². The molecule has 0 radical (unpaired) electrons. The van der Waals surface area contributed by atoms with Crippen molar-refractivity contribution in [2.45, 2.75) is 51.4 Å². The van der Waals surface area contributed by atoms with Gasteiger partial charge in [-0.25, -0.2) is 0 Å². The van der Waals surface area contributed by atoms with Crippen molar-refractivity contribution in [3.05, 3.63) is 59.1 Å². The van der Waals surface area contributed by atoms with E-state index in [4.69, 9.17) is 11.6 Å². The van der Waals surface area contributed by atoms with E-state index in [1.807, 2.05) is 61.2 Å². The van der Waals surface area contributed by atoms with E-state index in [2.05, 4.69) is 13.0 Å². The molecule has 1 heterocycles. The van der Waals surface area contributed by atoms with Crippen LogP contribution in [0.25, 0.3) is 11.1 Å². The third kappa shape index (κ3) is 4.38. The molecule has 1 fully saturated rings. The zero-order valence-electron chi connectivity index (χ0n) is 16.4. The number of hydrogen-bond acceptors (Lipinski definition) is 3. The molecule has 0 saturated carbocycles. The summed E-state index contributed by atoms with van der Waals surface area (Å²) in [5, 5.41) is 22.7. The SMILES string of the molecule is CC1CCN(C(O)C(O)C(C)(C)c2ccccc2-c2ccc(Cl)cc2)CC1. The van der Waals surface area contributed by atoms with Crippen molar-refractivity contribution in [1.82, 2.24) is 4.90 Å². The Bertz CT molecular complexity index is 751. The molecular formula is C23H30ClNO2. The van der Waals surface area contributed by atoms with Crippen LogP contribution in [0.1, 0.15) is 39.2 Å². The van der Waals surface area contributed by atoms with Gasteiger partial charge in [0.1, 0.15) is 12.3 Å². The summed E-state index contributed by atoms with van der Waals surface area (Å²) in [5.41, 5.74) is 2.51. The molecule has 1 aliphatic rings. The molecule has 3 nitrogen and oxygen atoms in total. The van der Waals surface area contributed by atoms with Gasteiger partial charge in [-0.2, -0.15) is 0 Å². The number of rotatable bonds is 5. The number of likely N-dealkylation sites (tertiary alicyclic amines) is 1. The Morgan fingerprint density at radius 3 is 2.22 bits per heavy atom. The van der Waals surface area contributed by atoms with E-state index in [0.29, 0.717) is 10.9 Å². The number of piperidine rings is 1. The van der Waals surface area contributed by atoms with Crippen molar-refractivity contribution in [2.24, 2.45) is 5.92 Å². The van der Waals surface area contributed by atoms with Gasteiger partial charge in [-0.3, -0.25) is 4.90 Å². The van der Waals surface area contributed by atoms with Crippen LogP contribution in [0.4, 0.5) is 0 Å². The number of nitrogens with zero attached hydrogens (tertiary/aromatic N) is 1. The molecule has 2 atom stereocenters. The lowest BCUT2D eigenvalue weighted by Crippen LogP contribution is -2.53. The van der Waals surface area contributed by atoms with Gasteiger partial charge in [-0.1, -0.05) is 68.8 Å². The first-order chi connectivity index (χ1) is 12.8. The molecule has 2 unspecified atom stereocenters. The molecule has 2 aromatic rings. The van der Waals surface area contributed by atoms with E-state index in [0.717, 1.165) is 42.6 Å². The van der Waals surface area contributed by atoms with Gasteiger partial charge >= 0.3 is 0 Å². The Hall–Kier alpha value is -1.39. The smallest absolute Gasteiger partial charge is 0.134 e. The van der Waals surface area contributed by atoms with Gasteiger partial charge in [0, 0.05) is 23.5 Å². The van der Waals surface area contributed by atoms with Crippen LogP contribution in [0.3, 0.4) is 0 Å². The van der Waals surface area contributed by atoms with E-state index < -0.39 is 17.7 Å². The first kappa shape index (κ1) is 20.3. The van der Waals surface area contributed by atoms with E-state index in [-0.39, 0.29) is 0 Å². The van der Waals surface area contributed by atoms with E-state index in [9.17, 15) is 10.2 Å². The third-order valence-corrected chi connectivity index (χ3v) is 6.24. The zero-order chi connectivity index (χ0) is 19.6. The summed E-state index contributed by atoms with van der Waals surface area (Å²) >= 11 is 6.04. The van der Waals surface area contributed by atoms with Gasteiger partial charge in [0.2, 0.25) is 0 Å². The predicted octanol–water partition coefficient (Wildman–Crippen LogP) is 4.70. The third-order valence-electron chi connectivity index (χ3n) is 5.99. The average molecular weight is 388 g/mol. The number of hydrogen-bond donors (Lipinski definition) is 2. The van der Waals surface area contributed by atoms with Gasteiger partial charge in [0.05, 0.1) is 0 Å². The van der Waals surface area contributed by atoms with Crippen LogP contribution >= 0.6 is 11.6 Å². The monoisotopic (exact) mass is 387 g/mol. The van der Waals surface area contributed by atoms with Crippen molar-refractivity contribution >= 4 is 11.6 Å². The lowest BCUT2D eigenvalue weighted by atomic mass is 9.75. The first-order valence-electron chi connectivity index (χ1n) is 9.76. The van der Waals surface area contributed by atoms with Crippen LogP contribution in [0.5, 0.6) is 0 Å². The fourth-order valence-electron chi connectivity index (χ4n) is 3.95. The number of benzene rings is 2. The molecule has 3 rings (SSSR count). The van der Waals surface area contributed by atoms with E-state index in [1.165, 1.54) is 0 Å². The maximum absolute atomic E-state index is 11.1. The van der Waals surface area contributed by atoms with Gasteiger partial charge in [-0.05, 0) is 47.6 Å². The molecule has 0 amide bonds. The molecule has 146 valence electrons. The number of aliphatic hydroxyl groups excluding tert-OH is 2. The summed E-state index contributed by atoms with van der Waals surface area (Å²) < 4.78 is 0. The van der Waals surface area contributed by atoms with Crippen molar-refractivity contribution in [1.29, 1.82) is 0 Å². The fourth-order valence-corrected chi connectivity index (χ4v) is 4.08. The number of aliphatic hydroxyl groups is 2. The van der Waals surface area contributed by atoms with Gasteiger partial charge in [-0.15, -0.1) is 0 Å². The Morgan fingerprint density at radius 2 is 1.59 bits per heavy atom. The second-order valence-electron chi connectivity index (χ2n) is 8.35. The van der Waals surface area contributed by atoms with Crippen LogP contribution in [-0.4, -0.2) is 40.5 Å². The second-order valence-corrected chi connectivity index (χ2v) is 8.79. The minimum atomic E-state index is -0.889. The highest BCUT2D eigenvalue weighted by Gasteiger charge is 2.39. The second kappa shape index (κ2) is 8.32. The van der Waals surface area contributed by atoms with Crippen LogP contribution < -0.4 is 0 Å². The van der Waals surface area contributed by atoms with E-state index in [1.54, 1.807) is 0 Å². The Labute approximate surface area is 167 Å². The number of halogens is 1. The quantitative estimate of drug-likeness (QED) is 0.781. The van der Waals surface area contributed by atoms with Crippen LogP contribution in [-0.2, 0) is 5.41 Å². The molecule has 27 heavy (non-hydrogen) atoms. The Kier molecular flexibility index (Phi) is 6.27. The van der Waals surface area contributed by atoms with Crippen LogP contribution in [0.15, 0.2) is 48.5 Å². The molecule has 4 heteroatoms. The Balaban J connectivity index is 1.89. The average Bonchev–Trinajstić information content (AvgIpc) is 2.68. The fraction of sp³-hybridized carbons (Fsp3) is 0.478.